The fraction of sp³-hybridized carbons (Fsp3) is 0.647. The molecular formula is C17H27NO2. The van der Waals surface area contributed by atoms with Gasteiger partial charge in [0.2, 0.25) is 0 Å². The molecule has 0 spiro atoms. The zero-order valence-electron chi connectivity index (χ0n) is 13.1. The molecule has 0 amide bonds. The van der Waals surface area contributed by atoms with Crippen LogP contribution in [0.4, 0.5) is 0 Å². The van der Waals surface area contributed by atoms with Gasteiger partial charge in [-0.05, 0) is 44.7 Å². The third kappa shape index (κ3) is 3.53. The normalized spacial score (nSPS) is 17.8. The summed E-state index contributed by atoms with van der Waals surface area (Å²) < 4.78 is 11.4. The van der Waals surface area contributed by atoms with Gasteiger partial charge in [-0.3, -0.25) is 0 Å². The van der Waals surface area contributed by atoms with Crippen molar-refractivity contribution >= 4 is 0 Å². The van der Waals surface area contributed by atoms with Crippen molar-refractivity contribution < 1.29 is 9.47 Å². The van der Waals surface area contributed by atoms with Crippen LogP contribution in [0.2, 0.25) is 0 Å². The highest BCUT2D eigenvalue weighted by Crippen LogP contribution is 2.41. The standard InChI is InChI=1S/C17H27NO2/c1-5-10-18-16(17(20-4)13-7-8-13)14-11-12(2)6-9-15(14)19-3/h6,9,11,13,16-18H,5,7-8,10H2,1-4H3. The van der Waals surface area contributed by atoms with Crippen molar-refractivity contribution in [3.05, 3.63) is 29.3 Å². The maximum absolute atomic E-state index is 5.81. The Morgan fingerprint density at radius 3 is 2.60 bits per heavy atom. The van der Waals surface area contributed by atoms with Crippen LogP contribution >= 0.6 is 0 Å². The molecule has 2 atom stereocenters. The van der Waals surface area contributed by atoms with Crippen molar-refractivity contribution in [2.45, 2.75) is 45.3 Å². The van der Waals surface area contributed by atoms with E-state index in [2.05, 4.69) is 37.4 Å². The monoisotopic (exact) mass is 277 g/mol. The van der Waals surface area contributed by atoms with E-state index < -0.39 is 0 Å². The predicted molar refractivity (Wildman–Crippen MR) is 82.3 cm³/mol. The third-order valence-electron chi connectivity index (χ3n) is 4.02. The Bertz CT molecular complexity index is 429. The van der Waals surface area contributed by atoms with Gasteiger partial charge in [0.15, 0.2) is 0 Å². The van der Waals surface area contributed by atoms with Crippen molar-refractivity contribution in [1.29, 1.82) is 0 Å². The largest absolute Gasteiger partial charge is 0.496 e. The van der Waals surface area contributed by atoms with Crippen molar-refractivity contribution in [3.8, 4) is 5.75 Å². The van der Waals surface area contributed by atoms with Crippen LogP contribution in [0, 0.1) is 12.8 Å². The van der Waals surface area contributed by atoms with E-state index in [1.807, 2.05) is 7.11 Å². The number of hydrogen-bond acceptors (Lipinski definition) is 3. The number of benzene rings is 1. The quantitative estimate of drug-likeness (QED) is 0.789. The number of methoxy groups -OCH3 is 2. The number of ether oxygens (including phenoxy) is 2. The first-order chi connectivity index (χ1) is 9.71. The van der Waals surface area contributed by atoms with Gasteiger partial charge in [-0.2, -0.15) is 0 Å². The summed E-state index contributed by atoms with van der Waals surface area (Å²) in [7, 11) is 3.57. The van der Waals surface area contributed by atoms with E-state index in [0.717, 1.165) is 18.7 Å². The summed E-state index contributed by atoms with van der Waals surface area (Å²) >= 11 is 0. The summed E-state index contributed by atoms with van der Waals surface area (Å²) in [6.45, 7) is 5.31. The molecular weight excluding hydrogens is 250 g/mol. The van der Waals surface area contributed by atoms with E-state index >= 15 is 0 Å². The first-order valence-corrected chi connectivity index (χ1v) is 7.62. The van der Waals surface area contributed by atoms with Gasteiger partial charge in [0.05, 0.1) is 19.3 Å². The summed E-state index contributed by atoms with van der Waals surface area (Å²) in [5, 5.41) is 3.66. The predicted octanol–water partition coefficient (Wildman–Crippen LogP) is 3.47. The lowest BCUT2D eigenvalue weighted by atomic mass is 9.95. The molecule has 0 radical (unpaired) electrons. The van der Waals surface area contributed by atoms with Crippen LogP contribution in [0.25, 0.3) is 0 Å². The fourth-order valence-electron chi connectivity index (χ4n) is 2.83. The van der Waals surface area contributed by atoms with Crippen molar-refractivity contribution in [3.63, 3.8) is 0 Å². The molecule has 1 N–H and O–H groups in total. The summed E-state index contributed by atoms with van der Waals surface area (Å²) in [6.07, 6.45) is 3.90. The van der Waals surface area contributed by atoms with E-state index in [4.69, 9.17) is 9.47 Å². The van der Waals surface area contributed by atoms with Crippen LogP contribution in [-0.4, -0.2) is 26.9 Å². The molecule has 0 bridgehead atoms. The summed E-state index contributed by atoms with van der Waals surface area (Å²) in [4.78, 5) is 0. The molecule has 3 heteroatoms. The molecule has 0 aromatic heterocycles. The first kappa shape index (κ1) is 15.3. The SMILES string of the molecule is CCCNC(c1cc(C)ccc1OC)C(OC)C1CC1. The maximum atomic E-state index is 5.81. The average molecular weight is 277 g/mol. The molecule has 1 fully saturated rings. The molecule has 112 valence electrons. The van der Waals surface area contributed by atoms with Gasteiger partial charge in [0, 0.05) is 12.7 Å². The van der Waals surface area contributed by atoms with E-state index in [1.54, 1.807) is 7.11 Å². The molecule has 1 saturated carbocycles. The topological polar surface area (TPSA) is 30.5 Å². The highest BCUT2D eigenvalue weighted by atomic mass is 16.5. The summed E-state index contributed by atoms with van der Waals surface area (Å²) in [5.41, 5.74) is 2.48. The molecule has 2 rings (SSSR count). The lowest BCUT2D eigenvalue weighted by Gasteiger charge is -2.29. The molecule has 0 aliphatic heterocycles. The molecule has 1 aromatic carbocycles. The zero-order valence-corrected chi connectivity index (χ0v) is 13.1. The molecule has 1 aliphatic carbocycles. The number of rotatable bonds is 8. The van der Waals surface area contributed by atoms with Gasteiger partial charge in [-0.15, -0.1) is 0 Å². The number of nitrogens with one attached hydrogen (secondary N) is 1. The highest BCUT2D eigenvalue weighted by Gasteiger charge is 2.38. The average Bonchev–Trinajstić information content (AvgIpc) is 3.28. The molecule has 1 aliphatic rings. The molecule has 2 unspecified atom stereocenters. The zero-order chi connectivity index (χ0) is 14.5. The molecule has 20 heavy (non-hydrogen) atoms. The minimum Gasteiger partial charge on any atom is -0.496 e. The minimum absolute atomic E-state index is 0.210. The second-order valence-corrected chi connectivity index (χ2v) is 5.71. The lowest BCUT2D eigenvalue weighted by Crippen LogP contribution is -2.35. The van der Waals surface area contributed by atoms with Gasteiger partial charge in [0.1, 0.15) is 5.75 Å². The minimum atomic E-state index is 0.210. The fourth-order valence-corrected chi connectivity index (χ4v) is 2.83. The van der Waals surface area contributed by atoms with Gasteiger partial charge < -0.3 is 14.8 Å². The van der Waals surface area contributed by atoms with Gasteiger partial charge >= 0.3 is 0 Å². The van der Waals surface area contributed by atoms with Crippen LogP contribution in [0.5, 0.6) is 5.75 Å². The maximum Gasteiger partial charge on any atom is 0.123 e. The molecule has 0 saturated heterocycles. The Balaban J connectivity index is 2.31. The van der Waals surface area contributed by atoms with Gasteiger partial charge in [-0.25, -0.2) is 0 Å². The molecule has 1 aromatic rings. The van der Waals surface area contributed by atoms with E-state index in [-0.39, 0.29) is 12.1 Å². The van der Waals surface area contributed by atoms with Crippen molar-refractivity contribution in [2.24, 2.45) is 5.92 Å². The lowest BCUT2D eigenvalue weighted by molar-refractivity contribution is 0.0499. The van der Waals surface area contributed by atoms with E-state index in [9.17, 15) is 0 Å². The summed E-state index contributed by atoms with van der Waals surface area (Å²) in [5.74, 6) is 1.63. The van der Waals surface area contributed by atoms with Crippen molar-refractivity contribution in [2.75, 3.05) is 20.8 Å². The molecule has 3 nitrogen and oxygen atoms in total. The highest BCUT2D eigenvalue weighted by molar-refractivity contribution is 5.40. The van der Waals surface area contributed by atoms with E-state index in [1.165, 1.54) is 24.0 Å². The second kappa shape index (κ2) is 7.09. The third-order valence-corrected chi connectivity index (χ3v) is 4.02. The van der Waals surface area contributed by atoms with E-state index in [0.29, 0.717) is 5.92 Å². The Morgan fingerprint density at radius 2 is 2.05 bits per heavy atom. The summed E-state index contributed by atoms with van der Waals surface area (Å²) in [6, 6.07) is 6.59. The Kier molecular flexibility index (Phi) is 5.44. The van der Waals surface area contributed by atoms with Crippen LogP contribution in [0.3, 0.4) is 0 Å². The Morgan fingerprint density at radius 1 is 1.30 bits per heavy atom. The van der Waals surface area contributed by atoms with Gasteiger partial charge in [0.25, 0.3) is 0 Å². The first-order valence-electron chi connectivity index (χ1n) is 7.62. The molecule has 0 heterocycles. The smallest absolute Gasteiger partial charge is 0.123 e. The Hall–Kier alpha value is -1.06. The Labute approximate surface area is 122 Å². The number of hydrogen-bond donors (Lipinski definition) is 1. The van der Waals surface area contributed by atoms with Crippen LogP contribution in [0.1, 0.15) is 43.4 Å². The van der Waals surface area contributed by atoms with Crippen LogP contribution in [-0.2, 0) is 4.74 Å². The second-order valence-electron chi connectivity index (χ2n) is 5.71. The van der Waals surface area contributed by atoms with Crippen LogP contribution < -0.4 is 10.1 Å². The van der Waals surface area contributed by atoms with Gasteiger partial charge in [-0.1, -0.05) is 24.6 Å². The van der Waals surface area contributed by atoms with Crippen molar-refractivity contribution in [1.82, 2.24) is 5.32 Å². The van der Waals surface area contributed by atoms with Crippen LogP contribution in [0.15, 0.2) is 18.2 Å². The number of aryl methyl sites for hydroxylation is 1.